The second-order valence-corrected chi connectivity index (χ2v) is 7.25. The van der Waals surface area contributed by atoms with Crippen molar-refractivity contribution in [3.63, 3.8) is 0 Å². The summed E-state index contributed by atoms with van der Waals surface area (Å²) in [6.45, 7) is 4.59. The third-order valence-electron chi connectivity index (χ3n) is 4.80. The lowest BCUT2D eigenvalue weighted by atomic mass is 9.94. The van der Waals surface area contributed by atoms with Gasteiger partial charge in [-0.25, -0.2) is 0 Å². The number of hydrogen-bond acceptors (Lipinski definition) is 4. The number of carbonyl (C=O) groups excluding carboxylic acids is 3. The Labute approximate surface area is 153 Å². The number of rotatable bonds is 3. The van der Waals surface area contributed by atoms with Gasteiger partial charge in [-0.3, -0.25) is 14.4 Å². The van der Waals surface area contributed by atoms with Crippen molar-refractivity contribution in [1.29, 1.82) is 0 Å². The molecule has 1 aromatic carbocycles. The van der Waals surface area contributed by atoms with E-state index in [0.717, 1.165) is 0 Å². The van der Waals surface area contributed by atoms with Gasteiger partial charge in [0, 0.05) is 25.4 Å². The summed E-state index contributed by atoms with van der Waals surface area (Å²) in [6.07, 6.45) is 1.35. The minimum atomic E-state index is -0.638. The number of carbonyl (C=O) groups is 3. The lowest BCUT2D eigenvalue weighted by Crippen LogP contribution is -2.46. The molecule has 1 aromatic rings. The van der Waals surface area contributed by atoms with Gasteiger partial charge >= 0.3 is 0 Å². The van der Waals surface area contributed by atoms with Crippen molar-refractivity contribution >= 4 is 17.7 Å². The van der Waals surface area contributed by atoms with Crippen molar-refractivity contribution in [2.24, 2.45) is 0 Å². The van der Waals surface area contributed by atoms with Crippen molar-refractivity contribution in [3.8, 4) is 5.75 Å². The summed E-state index contributed by atoms with van der Waals surface area (Å²) in [4.78, 5) is 38.3. The van der Waals surface area contributed by atoms with Crippen LogP contribution in [0.2, 0.25) is 0 Å². The standard InChI is InChI=1S/C19H25N3O4/c1-13(2)21-16(23)11-22-10-9-19(8-7-17(22)24)12-20-18(25)14-5-3-4-6-15(14)26-19/h3-6,13H,7-12H2,1-2H3,(H,20,25)(H,21,23)/t19-/m1/s1. The predicted molar refractivity (Wildman–Crippen MR) is 95.8 cm³/mol. The van der Waals surface area contributed by atoms with Gasteiger partial charge in [0.05, 0.1) is 18.7 Å². The van der Waals surface area contributed by atoms with Crippen LogP contribution in [0.3, 0.4) is 0 Å². The van der Waals surface area contributed by atoms with Gasteiger partial charge in [0.15, 0.2) is 0 Å². The molecule has 0 aromatic heterocycles. The van der Waals surface area contributed by atoms with Crippen molar-refractivity contribution < 1.29 is 19.1 Å². The van der Waals surface area contributed by atoms with Gasteiger partial charge in [-0.05, 0) is 32.4 Å². The zero-order valence-electron chi connectivity index (χ0n) is 15.2. The average molecular weight is 359 g/mol. The molecule has 7 nitrogen and oxygen atoms in total. The number of ether oxygens (including phenoxy) is 1. The molecule has 26 heavy (non-hydrogen) atoms. The van der Waals surface area contributed by atoms with Crippen LogP contribution in [-0.4, -0.2) is 53.9 Å². The summed E-state index contributed by atoms with van der Waals surface area (Å²) in [5, 5.41) is 5.72. The maximum atomic E-state index is 12.5. The molecule has 0 saturated carbocycles. The molecule has 3 rings (SSSR count). The Balaban J connectivity index is 1.74. The summed E-state index contributed by atoms with van der Waals surface area (Å²) in [5.41, 5.74) is -0.130. The number of amides is 3. The number of benzene rings is 1. The lowest BCUT2D eigenvalue weighted by molar-refractivity contribution is -0.135. The third-order valence-corrected chi connectivity index (χ3v) is 4.80. The Morgan fingerprint density at radius 2 is 2.08 bits per heavy atom. The van der Waals surface area contributed by atoms with Crippen LogP contribution in [0.5, 0.6) is 5.75 Å². The van der Waals surface area contributed by atoms with Gasteiger partial charge in [0.1, 0.15) is 11.4 Å². The number of hydrogen-bond donors (Lipinski definition) is 2. The molecule has 0 radical (unpaired) electrons. The molecule has 0 aliphatic carbocycles. The van der Waals surface area contributed by atoms with E-state index in [2.05, 4.69) is 10.6 Å². The largest absolute Gasteiger partial charge is 0.485 e. The molecule has 2 aliphatic rings. The van der Waals surface area contributed by atoms with Gasteiger partial charge in [-0.15, -0.1) is 0 Å². The second kappa shape index (κ2) is 7.35. The molecule has 0 bridgehead atoms. The van der Waals surface area contributed by atoms with E-state index in [-0.39, 0.29) is 36.7 Å². The van der Waals surface area contributed by atoms with Crippen LogP contribution in [-0.2, 0) is 9.59 Å². The average Bonchev–Trinajstić information content (AvgIpc) is 2.83. The summed E-state index contributed by atoms with van der Waals surface area (Å²) in [7, 11) is 0. The molecular weight excluding hydrogens is 334 g/mol. The predicted octanol–water partition coefficient (Wildman–Crippen LogP) is 1.08. The highest BCUT2D eigenvalue weighted by Gasteiger charge is 2.40. The van der Waals surface area contributed by atoms with Crippen molar-refractivity contribution in [2.75, 3.05) is 19.6 Å². The zero-order chi connectivity index (χ0) is 18.7. The maximum Gasteiger partial charge on any atom is 0.255 e. The fourth-order valence-electron chi connectivity index (χ4n) is 3.42. The summed E-state index contributed by atoms with van der Waals surface area (Å²) in [6, 6.07) is 7.17. The minimum absolute atomic E-state index is 0.0350. The molecule has 1 fully saturated rings. The third kappa shape index (κ3) is 3.98. The van der Waals surface area contributed by atoms with Crippen molar-refractivity contribution in [1.82, 2.24) is 15.5 Å². The maximum absolute atomic E-state index is 12.5. The van der Waals surface area contributed by atoms with Crippen LogP contribution in [0.4, 0.5) is 0 Å². The second-order valence-electron chi connectivity index (χ2n) is 7.25. The van der Waals surface area contributed by atoms with E-state index in [1.807, 2.05) is 19.9 Å². The lowest BCUT2D eigenvalue weighted by Gasteiger charge is -2.32. The van der Waals surface area contributed by atoms with E-state index in [1.165, 1.54) is 0 Å². The highest BCUT2D eigenvalue weighted by molar-refractivity contribution is 5.97. The van der Waals surface area contributed by atoms with E-state index in [4.69, 9.17) is 4.74 Å². The van der Waals surface area contributed by atoms with Crippen LogP contribution >= 0.6 is 0 Å². The molecule has 1 saturated heterocycles. The van der Waals surface area contributed by atoms with Crippen LogP contribution in [0.1, 0.15) is 43.5 Å². The highest BCUT2D eigenvalue weighted by Crippen LogP contribution is 2.33. The molecule has 7 heteroatoms. The van der Waals surface area contributed by atoms with E-state index in [0.29, 0.717) is 37.2 Å². The molecule has 0 unspecified atom stereocenters. The molecule has 2 N–H and O–H groups in total. The van der Waals surface area contributed by atoms with Gasteiger partial charge in [-0.1, -0.05) is 12.1 Å². The summed E-state index contributed by atoms with van der Waals surface area (Å²) in [5.74, 6) is 0.153. The number of fused-ring (bicyclic) bond motifs is 1. The Morgan fingerprint density at radius 3 is 2.85 bits per heavy atom. The minimum Gasteiger partial charge on any atom is -0.485 e. The first-order valence-corrected chi connectivity index (χ1v) is 9.02. The first-order chi connectivity index (χ1) is 12.4. The molecule has 2 heterocycles. The molecular formula is C19H25N3O4. The number of likely N-dealkylation sites (tertiary alicyclic amines) is 1. The highest BCUT2D eigenvalue weighted by atomic mass is 16.5. The summed E-state index contributed by atoms with van der Waals surface area (Å²) < 4.78 is 6.24. The normalized spacial score (nSPS) is 23.0. The fourth-order valence-corrected chi connectivity index (χ4v) is 3.42. The molecule has 1 atom stereocenters. The molecule has 3 amide bonds. The van der Waals surface area contributed by atoms with Crippen LogP contribution in [0, 0.1) is 0 Å². The number of nitrogens with one attached hydrogen (secondary N) is 2. The Morgan fingerprint density at radius 1 is 1.31 bits per heavy atom. The van der Waals surface area contributed by atoms with Gasteiger partial charge < -0.3 is 20.3 Å². The first-order valence-electron chi connectivity index (χ1n) is 9.02. The van der Waals surface area contributed by atoms with Crippen LogP contribution in [0.25, 0.3) is 0 Å². The van der Waals surface area contributed by atoms with Gasteiger partial charge in [0.25, 0.3) is 5.91 Å². The van der Waals surface area contributed by atoms with E-state index >= 15 is 0 Å². The molecule has 2 aliphatic heterocycles. The van der Waals surface area contributed by atoms with Crippen molar-refractivity contribution in [2.45, 2.75) is 44.8 Å². The monoisotopic (exact) mass is 359 g/mol. The first kappa shape index (κ1) is 18.2. The zero-order valence-corrected chi connectivity index (χ0v) is 15.2. The molecule has 1 spiro atoms. The Bertz CT molecular complexity index is 718. The van der Waals surface area contributed by atoms with Crippen LogP contribution < -0.4 is 15.4 Å². The smallest absolute Gasteiger partial charge is 0.255 e. The van der Waals surface area contributed by atoms with Crippen molar-refractivity contribution in [3.05, 3.63) is 29.8 Å². The molecule has 140 valence electrons. The quantitative estimate of drug-likeness (QED) is 0.846. The fraction of sp³-hybridized carbons (Fsp3) is 0.526. The Kier molecular flexibility index (Phi) is 5.15. The summed E-state index contributed by atoms with van der Waals surface area (Å²) >= 11 is 0. The number of para-hydroxylation sites is 1. The van der Waals surface area contributed by atoms with E-state index in [9.17, 15) is 14.4 Å². The van der Waals surface area contributed by atoms with Crippen LogP contribution in [0.15, 0.2) is 24.3 Å². The Hall–Kier alpha value is -2.57. The van der Waals surface area contributed by atoms with E-state index in [1.54, 1.807) is 23.1 Å². The SMILES string of the molecule is CC(C)NC(=O)CN1CC[C@]2(CCC1=O)CNC(=O)c1ccccc1O2. The van der Waals surface area contributed by atoms with Gasteiger partial charge in [0.2, 0.25) is 11.8 Å². The number of nitrogens with zero attached hydrogens (tertiary/aromatic N) is 1. The van der Waals surface area contributed by atoms with Gasteiger partial charge in [-0.2, -0.15) is 0 Å². The topological polar surface area (TPSA) is 87.7 Å². The van der Waals surface area contributed by atoms with E-state index < -0.39 is 5.60 Å².